The van der Waals surface area contributed by atoms with Crippen LogP contribution in [-0.4, -0.2) is 54.1 Å². The largest absolute Gasteiger partial charge is 0.338 e. The molecule has 0 saturated carbocycles. The monoisotopic (exact) mass is 285 g/mol. The fourth-order valence-electron chi connectivity index (χ4n) is 1.82. The lowest BCUT2D eigenvalue weighted by molar-refractivity contribution is 0.263. The first kappa shape index (κ1) is 11.8. The molecule has 2 rings (SSSR count). The van der Waals surface area contributed by atoms with E-state index in [4.69, 9.17) is 5.73 Å². The summed E-state index contributed by atoms with van der Waals surface area (Å²) in [5.41, 5.74) is 5.54. The summed E-state index contributed by atoms with van der Waals surface area (Å²) in [6.07, 6.45) is 3.57. The molecule has 0 radical (unpaired) electrons. The average Bonchev–Trinajstić information content (AvgIpc) is 2.32. The van der Waals surface area contributed by atoms with Crippen LogP contribution < -0.4 is 10.6 Å². The number of nitrogens with two attached hydrogens (primary N) is 1. The quantitative estimate of drug-likeness (QED) is 0.867. The summed E-state index contributed by atoms with van der Waals surface area (Å²) in [5.74, 6) is 0.815. The second-order valence-electron chi connectivity index (χ2n) is 3.82. The van der Waals surface area contributed by atoms with Gasteiger partial charge in [-0.1, -0.05) is 0 Å². The Morgan fingerprint density at radius 3 is 2.38 bits per heavy atom. The van der Waals surface area contributed by atoms with Crippen molar-refractivity contribution in [2.45, 2.75) is 0 Å². The van der Waals surface area contributed by atoms with Crippen molar-refractivity contribution in [1.29, 1.82) is 0 Å². The molecule has 5 nitrogen and oxygen atoms in total. The predicted molar refractivity (Wildman–Crippen MR) is 67.4 cm³/mol. The van der Waals surface area contributed by atoms with E-state index >= 15 is 0 Å². The Balaban J connectivity index is 1.91. The van der Waals surface area contributed by atoms with Crippen LogP contribution >= 0.6 is 15.9 Å². The van der Waals surface area contributed by atoms with E-state index in [0.717, 1.165) is 49.7 Å². The molecule has 1 aromatic rings. The topological polar surface area (TPSA) is 58.3 Å². The van der Waals surface area contributed by atoms with E-state index in [9.17, 15) is 0 Å². The molecule has 0 aromatic carbocycles. The minimum Gasteiger partial charge on any atom is -0.338 e. The van der Waals surface area contributed by atoms with Gasteiger partial charge in [-0.15, -0.1) is 0 Å². The summed E-state index contributed by atoms with van der Waals surface area (Å²) in [4.78, 5) is 13.2. The number of rotatable bonds is 3. The van der Waals surface area contributed by atoms with Crippen LogP contribution in [0.5, 0.6) is 0 Å². The zero-order chi connectivity index (χ0) is 11.4. The van der Waals surface area contributed by atoms with Crippen LogP contribution in [0, 0.1) is 0 Å². The minimum absolute atomic E-state index is 0.731. The third-order valence-corrected chi connectivity index (χ3v) is 3.12. The van der Waals surface area contributed by atoms with Crippen LogP contribution in [0.4, 0.5) is 5.95 Å². The molecule has 0 unspecified atom stereocenters. The molecule has 88 valence electrons. The van der Waals surface area contributed by atoms with Gasteiger partial charge >= 0.3 is 0 Å². The summed E-state index contributed by atoms with van der Waals surface area (Å²) < 4.78 is 0.915. The summed E-state index contributed by atoms with van der Waals surface area (Å²) in [7, 11) is 0. The van der Waals surface area contributed by atoms with Gasteiger partial charge in [0.05, 0.1) is 4.47 Å². The molecule has 1 aliphatic rings. The lowest BCUT2D eigenvalue weighted by Gasteiger charge is -2.34. The Morgan fingerprint density at radius 1 is 1.19 bits per heavy atom. The summed E-state index contributed by atoms with van der Waals surface area (Å²) >= 11 is 3.33. The number of halogens is 1. The van der Waals surface area contributed by atoms with Gasteiger partial charge in [-0.05, 0) is 15.9 Å². The van der Waals surface area contributed by atoms with Gasteiger partial charge < -0.3 is 10.6 Å². The molecular weight excluding hydrogens is 270 g/mol. The van der Waals surface area contributed by atoms with Crippen LogP contribution in [0.2, 0.25) is 0 Å². The third kappa shape index (κ3) is 2.90. The van der Waals surface area contributed by atoms with E-state index < -0.39 is 0 Å². The lowest BCUT2D eigenvalue weighted by atomic mass is 10.3. The predicted octanol–water partition coefficient (Wildman–Crippen LogP) is 0.320. The first-order chi connectivity index (χ1) is 7.79. The van der Waals surface area contributed by atoms with E-state index in [1.54, 1.807) is 12.4 Å². The first-order valence-electron chi connectivity index (χ1n) is 5.44. The number of hydrogen-bond donors (Lipinski definition) is 1. The standard InChI is InChI=1S/C10H16BrN5/c11-9-7-13-10(14-8-9)16-5-3-15(2-1-12)4-6-16/h7-8H,1-6,12H2. The Hall–Kier alpha value is -0.720. The number of hydrogen-bond acceptors (Lipinski definition) is 5. The maximum Gasteiger partial charge on any atom is 0.225 e. The zero-order valence-electron chi connectivity index (χ0n) is 9.14. The van der Waals surface area contributed by atoms with Crippen molar-refractivity contribution < 1.29 is 0 Å². The highest BCUT2D eigenvalue weighted by molar-refractivity contribution is 9.10. The SMILES string of the molecule is NCCN1CCN(c2ncc(Br)cn2)CC1. The molecule has 2 heterocycles. The van der Waals surface area contributed by atoms with Crippen molar-refractivity contribution in [2.24, 2.45) is 5.73 Å². The van der Waals surface area contributed by atoms with Gasteiger partial charge in [0.15, 0.2) is 0 Å². The molecule has 0 aliphatic carbocycles. The molecule has 2 N–H and O–H groups in total. The summed E-state index contributed by atoms with van der Waals surface area (Å²) in [5, 5.41) is 0. The van der Waals surface area contributed by atoms with Crippen LogP contribution in [0.15, 0.2) is 16.9 Å². The first-order valence-corrected chi connectivity index (χ1v) is 6.24. The third-order valence-electron chi connectivity index (χ3n) is 2.71. The van der Waals surface area contributed by atoms with Crippen LogP contribution in [-0.2, 0) is 0 Å². The van der Waals surface area contributed by atoms with Crippen molar-refractivity contribution >= 4 is 21.9 Å². The Labute approximate surface area is 104 Å². The fraction of sp³-hybridized carbons (Fsp3) is 0.600. The summed E-state index contributed by atoms with van der Waals surface area (Å²) in [6, 6.07) is 0. The minimum atomic E-state index is 0.731. The number of piperazine rings is 1. The molecule has 1 fully saturated rings. The van der Waals surface area contributed by atoms with E-state index in [-0.39, 0.29) is 0 Å². The van der Waals surface area contributed by atoms with Gasteiger partial charge in [-0.3, -0.25) is 4.90 Å². The molecule has 0 atom stereocenters. The molecule has 0 bridgehead atoms. The van der Waals surface area contributed by atoms with Gasteiger partial charge in [0.2, 0.25) is 5.95 Å². The van der Waals surface area contributed by atoms with E-state index in [0.29, 0.717) is 0 Å². The normalized spacial score (nSPS) is 17.8. The van der Waals surface area contributed by atoms with Crippen LogP contribution in [0.1, 0.15) is 0 Å². The average molecular weight is 286 g/mol. The molecule has 1 aliphatic heterocycles. The van der Waals surface area contributed by atoms with Crippen molar-refractivity contribution in [3.8, 4) is 0 Å². The number of aromatic nitrogens is 2. The molecule has 1 saturated heterocycles. The number of anilines is 1. The van der Waals surface area contributed by atoms with Crippen molar-refractivity contribution in [2.75, 3.05) is 44.2 Å². The van der Waals surface area contributed by atoms with Crippen molar-refractivity contribution in [1.82, 2.24) is 14.9 Å². The van der Waals surface area contributed by atoms with Gasteiger partial charge in [0.1, 0.15) is 0 Å². The molecular formula is C10H16BrN5. The van der Waals surface area contributed by atoms with E-state index in [1.165, 1.54) is 0 Å². The second kappa shape index (κ2) is 5.56. The van der Waals surface area contributed by atoms with Gasteiger partial charge in [0.25, 0.3) is 0 Å². The van der Waals surface area contributed by atoms with Gasteiger partial charge in [-0.25, -0.2) is 9.97 Å². The lowest BCUT2D eigenvalue weighted by Crippen LogP contribution is -2.48. The second-order valence-corrected chi connectivity index (χ2v) is 4.73. The highest BCUT2D eigenvalue weighted by Gasteiger charge is 2.17. The molecule has 16 heavy (non-hydrogen) atoms. The number of nitrogens with zero attached hydrogens (tertiary/aromatic N) is 4. The zero-order valence-corrected chi connectivity index (χ0v) is 10.7. The van der Waals surface area contributed by atoms with Crippen molar-refractivity contribution in [3.63, 3.8) is 0 Å². The Kier molecular flexibility index (Phi) is 4.09. The molecule has 0 amide bonds. The Morgan fingerprint density at radius 2 is 1.81 bits per heavy atom. The smallest absolute Gasteiger partial charge is 0.225 e. The highest BCUT2D eigenvalue weighted by atomic mass is 79.9. The maximum absolute atomic E-state index is 5.54. The summed E-state index contributed by atoms with van der Waals surface area (Å²) in [6.45, 7) is 5.74. The molecule has 1 aromatic heterocycles. The molecule has 0 spiro atoms. The van der Waals surface area contributed by atoms with E-state index in [1.807, 2.05) is 0 Å². The molecule has 6 heteroatoms. The highest BCUT2D eigenvalue weighted by Crippen LogP contribution is 2.12. The van der Waals surface area contributed by atoms with Crippen LogP contribution in [0.3, 0.4) is 0 Å². The maximum atomic E-state index is 5.54. The van der Waals surface area contributed by atoms with Gasteiger partial charge in [0, 0.05) is 51.7 Å². The Bertz CT molecular complexity index is 320. The fourth-order valence-corrected chi connectivity index (χ4v) is 2.03. The van der Waals surface area contributed by atoms with E-state index in [2.05, 4.69) is 35.7 Å². The van der Waals surface area contributed by atoms with Gasteiger partial charge in [-0.2, -0.15) is 0 Å². The van der Waals surface area contributed by atoms with Crippen molar-refractivity contribution in [3.05, 3.63) is 16.9 Å². The van der Waals surface area contributed by atoms with Crippen LogP contribution in [0.25, 0.3) is 0 Å².